The van der Waals surface area contributed by atoms with E-state index in [2.05, 4.69) is 41.5 Å². The molecule has 0 N–H and O–H groups in total. The average Bonchev–Trinajstić information content (AvgIpc) is 2.47. The minimum absolute atomic E-state index is 0.441. The summed E-state index contributed by atoms with van der Waals surface area (Å²) < 4.78 is 37.9. The minimum atomic E-state index is -2.47. The molecule has 0 aromatic carbocycles. The normalized spacial score (nSPS) is 14.6. The highest BCUT2D eigenvalue weighted by Gasteiger charge is 2.47. The molecule has 0 bridgehead atoms. The van der Waals surface area contributed by atoms with Crippen molar-refractivity contribution in [2.45, 2.75) is 86.4 Å². The van der Waals surface area contributed by atoms with Gasteiger partial charge in [-0.25, -0.2) is 0 Å². The van der Waals surface area contributed by atoms with Crippen LogP contribution in [0.5, 0.6) is 0 Å². The van der Waals surface area contributed by atoms with Gasteiger partial charge in [-0.3, -0.25) is 0 Å². The van der Waals surface area contributed by atoms with Crippen LogP contribution in [0.15, 0.2) is 0 Å². The molecule has 0 aliphatic rings. The Labute approximate surface area is 186 Å². The van der Waals surface area contributed by atoms with Gasteiger partial charge in [0.1, 0.15) is 10.2 Å². The summed E-state index contributed by atoms with van der Waals surface area (Å²) >= 11 is 0. The first-order valence-corrected chi connectivity index (χ1v) is 20.3. The number of rotatable bonds is 15. The summed E-state index contributed by atoms with van der Waals surface area (Å²) in [5.41, 5.74) is -1.13. The van der Waals surface area contributed by atoms with Gasteiger partial charge in [0.2, 0.25) is 5.60 Å². The molecule has 0 aliphatic heterocycles. The van der Waals surface area contributed by atoms with Crippen molar-refractivity contribution >= 4 is 35.9 Å². The average molecular weight is 485 g/mol. The molecule has 0 radical (unpaired) electrons. The lowest BCUT2D eigenvalue weighted by atomic mass is 10.2. The monoisotopic (exact) mass is 484 g/mol. The van der Waals surface area contributed by atoms with E-state index in [4.69, 9.17) is 26.6 Å². The van der Waals surface area contributed by atoms with Gasteiger partial charge in [-0.2, -0.15) is 0 Å². The fourth-order valence-electron chi connectivity index (χ4n) is 2.59. The molecule has 0 aromatic rings. The van der Waals surface area contributed by atoms with E-state index in [-0.39, 0.29) is 0 Å². The molecule has 0 aliphatic carbocycles. The van der Waals surface area contributed by atoms with Gasteiger partial charge >= 0.3 is 25.7 Å². The Kier molecular flexibility index (Phi) is 12.3. The summed E-state index contributed by atoms with van der Waals surface area (Å²) in [7, 11) is -6.90. The first-order valence-electron chi connectivity index (χ1n) is 10.9. The molecule has 0 spiro atoms. The summed E-state index contributed by atoms with van der Waals surface area (Å²) in [6, 6.07) is 0. The van der Waals surface area contributed by atoms with Gasteiger partial charge in [-0.15, -0.1) is 0 Å². The minimum Gasteiger partial charge on any atom is -0.394 e. The maximum atomic E-state index is 6.50. The lowest BCUT2D eigenvalue weighted by molar-refractivity contribution is -0.226. The first kappa shape index (κ1) is 29.6. The third kappa shape index (κ3) is 15.1. The zero-order valence-corrected chi connectivity index (χ0v) is 26.3. The molecule has 0 amide bonds. The fourth-order valence-corrected chi connectivity index (χ4v) is 12.6. The first-order chi connectivity index (χ1) is 12.9. The molecular formula is C19H48O6Si4. The van der Waals surface area contributed by atoms with Crippen molar-refractivity contribution in [3.63, 3.8) is 0 Å². The predicted octanol–water partition coefficient (Wildman–Crippen LogP) is 4.14. The van der Waals surface area contributed by atoms with Crippen molar-refractivity contribution in [1.82, 2.24) is 0 Å². The number of hydrogen-bond donors (Lipinski definition) is 0. The van der Waals surface area contributed by atoms with E-state index in [1.807, 2.05) is 39.3 Å². The Morgan fingerprint density at radius 1 is 0.552 bits per heavy atom. The van der Waals surface area contributed by atoms with Crippen LogP contribution in [0.4, 0.5) is 0 Å². The van der Waals surface area contributed by atoms with E-state index in [9.17, 15) is 0 Å². The summed E-state index contributed by atoms with van der Waals surface area (Å²) in [5.74, 6) is 1.32. The van der Waals surface area contributed by atoms with Crippen LogP contribution in [-0.4, -0.2) is 61.3 Å². The van der Waals surface area contributed by atoms with Crippen LogP contribution in [-0.2, 0) is 26.6 Å². The zero-order valence-electron chi connectivity index (χ0n) is 21.3. The van der Waals surface area contributed by atoms with Crippen LogP contribution in [0.25, 0.3) is 0 Å². The van der Waals surface area contributed by atoms with E-state index >= 15 is 0 Å². The predicted molar refractivity (Wildman–Crippen MR) is 131 cm³/mol. The second-order valence-corrected chi connectivity index (χ2v) is 21.6. The molecule has 0 saturated carbocycles. The van der Waals surface area contributed by atoms with Crippen molar-refractivity contribution in [1.29, 1.82) is 0 Å². The van der Waals surface area contributed by atoms with E-state index in [1.165, 1.54) is 0 Å². The van der Waals surface area contributed by atoms with Crippen molar-refractivity contribution < 1.29 is 26.6 Å². The Morgan fingerprint density at radius 3 is 0.931 bits per heavy atom. The fraction of sp³-hybridized carbons (Fsp3) is 1.00. The summed E-state index contributed by atoms with van der Waals surface area (Å²) in [5, 5.41) is 0. The van der Waals surface area contributed by atoms with Crippen LogP contribution in [0.1, 0.15) is 41.5 Å². The Balaban J connectivity index is 5.49. The van der Waals surface area contributed by atoms with Gasteiger partial charge in [0.05, 0.1) is 0 Å². The second-order valence-electron chi connectivity index (χ2n) is 10.5. The van der Waals surface area contributed by atoms with Gasteiger partial charge in [-0.1, -0.05) is 41.5 Å². The second kappa shape index (κ2) is 12.0. The van der Waals surface area contributed by atoms with E-state index < -0.39 is 31.3 Å². The van der Waals surface area contributed by atoms with Crippen LogP contribution >= 0.6 is 0 Å². The number of hydrogen-bond acceptors (Lipinski definition) is 6. The van der Waals surface area contributed by atoms with Crippen molar-refractivity contribution in [2.75, 3.05) is 19.8 Å². The van der Waals surface area contributed by atoms with Crippen LogP contribution in [0, 0.1) is 17.8 Å². The zero-order chi connectivity index (χ0) is 23.1. The van der Waals surface area contributed by atoms with E-state index in [0.29, 0.717) is 47.8 Å². The topological polar surface area (TPSA) is 55.4 Å². The van der Waals surface area contributed by atoms with E-state index in [1.54, 1.807) is 0 Å². The Hall–Kier alpha value is 0.628. The highest BCUT2D eigenvalue weighted by Crippen LogP contribution is 2.28. The van der Waals surface area contributed by atoms with Crippen molar-refractivity contribution in [3.05, 3.63) is 0 Å². The Bertz CT molecular complexity index is 405. The van der Waals surface area contributed by atoms with Gasteiger partial charge in [0.25, 0.3) is 0 Å². The molecular weight excluding hydrogens is 437 g/mol. The third-order valence-corrected chi connectivity index (χ3v) is 10.6. The van der Waals surface area contributed by atoms with Crippen molar-refractivity contribution in [3.8, 4) is 0 Å². The van der Waals surface area contributed by atoms with E-state index in [0.717, 1.165) is 0 Å². The molecule has 29 heavy (non-hydrogen) atoms. The lowest BCUT2D eigenvalue weighted by Gasteiger charge is -2.44. The molecule has 0 rings (SSSR count). The molecule has 0 fully saturated rings. The highest BCUT2D eigenvalue weighted by atomic mass is 28.4. The molecule has 0 saturated heterocycles. The highest BCUT2D eigenvalue weighted by molar-refractivity contribution is 6.68. The molecule has 0 aromatic heterocycles. The summed E-state index contributed by atoms with van der Waals surface area (Å²) in [6.45, 7) is 27.1. The molecule has 0 heterocycles. The van der Waals surface area contributed by atoms with Crippen LogP contribution < -0.4 is 0 Å². The maximum absolute atomic E-state index is 6.50. The molecule has 0 unspecified atom stereocenters. The standard InChI is InChI=1S/C19H48O6Si4/c1-16(2)13-20-27(7,8)23-19(26,24-28(9,10)21-14-17(3)4)25-29(11,12)22-15-18(5)6/h16-18H,13-15H2,1-12,26H3. The molecule has 0 atom stereocenters. The smallest absolute Gasteiger partial charge is 0.335 e. The van der Waals surface area contributed by atoms with Gasteiger partial charge in [0, 0.05) is 19.8 Å². The molecule has 10 heteroatoms. The molecule has 6 nitrogen and oxygen atoms in total. The molecule has 176 valence electrons. The lowest BCUT2D eigenvalue weighted by Crippen LogP contribution is -2.60. The van der Waals surface area contributed by atoms with Crippen LogP contribution in [0.2, 0.25) is 39.3 Å². The summed E-state index contributed by atoms with van der Waals surface area (Å²) in [4.78, 5) is 0. The quantitative estimate of drug-likeness (QED) is 0.257. The van der Waals surface area contributed by atoms with Gasteiger partial charge in [0.15, 0.2) is 0 Å². The Morgan fingerprint density at radius 2 is 0.759 bits per heavy atom. The van der Waals surface area contributed by atoms with Crippen LogP contribution in [0.3, 0.4) is 0 Å². The SMILES string of the molecule is CC(C)CO[Si](C)(C)OC([SiH3])(O[Si](C)(C)OCC(C)C)O[Si](C)(C)OCC(C)C. The maximum Gasteiger partial charge on any atom is 0.335 e. The largest absolute Gasteiger partial charge is 0.394 e. The van der Waals surface area contributed by atoms with Gasteiger partial charge in [-0.05, 0) is 57.0 Å². The van der Waals surface area contributed by atoms with Gasteiger partial charge < -0.3 is 26.6 Å². The third-order valence-electron chi connectivity index (χ3n) is 3.59. The summed E-state index contributed by atoms with van der Waals surface area (Å²) in [6.07, 6.45) is 0. The van der Waals surface area contributed by atoms with Crippen molar-refractivity contribution in [2.24, 2.45) is 17.8 Å².